The lowest BCUT2D eigenvalue weighted by atomic mass is 10.1. The molecule has 0 fully saturated rings. The number of nitrogens with one attached hydrogen (secondary N) is 1. The molecular weight excluding hydrogens is 235 g/mol. The van der Waals surface area contributed by atoms with Gasteiger partial charge in [-0.05, 0) is 31.2 Å². The first-order valence-electron chi connectivity index (χ1n) is 5.46. The molecule has 0 radical (unpaired) electrons. The molecule has 1 atom stereocenters. The Morgan fingerprint density at radius 3 is 2.83 bits per heavy atom. The molecule has 94 valence electrons. The molecule has 1 unspecified atom stereocenters. The van der Waals surface area contributed by atoms with E-state index in [2.05, 4.69) is 5.32 Å². The minimum atomic E-state index is -0.785. The summed E-state index contributed by atoms with van der Waals surface area (Å²) in [7, 11) is 0. The van der Waals surface area contributed by atoms with Gasteiger partial charge >= 0.3 is 0 Å². The van der Waals surface area contributed by atoms with E-state index >= 15 is 0 Å². The van der Waals surface area contributed by atoms with Gasteiger partial charge in [0.05, 0.1) is 24.1 Å². The molecule has 1 amide bonds. The van der Waals surface area contributed by atoms with Gasteiger partial charge < -0.3 is 15.5 Å². The molecular formula is C13H13FN2O2. The van der Waals surface area contributed by atoms with Crippen molar-refractivity contribution in [2.24, 2.45) is 5.73 Å². The summed E-state index contributed by atoms with van der Waals surface area (Å²) < 4.78 is 18.3. The van der Waals surface area contributed by atoms with E-state index in [1.54, 1.807) is 18.6 Å². The van der Waals surface area contributed by atoms with Crippen LogP contribution in [0.25, 0.3) is 0 Å². The number of carbonyl (C=O) groups excluding carboxylic acids is 1. The van der Waals surface area contributed by atoms with E-state index in [0.29, 0.717) is 5.69 Å². The Morgan fingerprint density at radius 2 is 2.22 bits per heavy atom. The van der Waals surface area contributed by atoms with Gasteiger partial charge in [-0.3, -0.25) is 4.79 Å². The summed E-state index contributed by atoms with van der Waals surface area (Å²) in [5.74, 6) is -1.41. The molecule has 3 N–H and O–H groups in total. The maximum atomic E-state index is 13.3. The number of primary amides is 1. The number of anilines is 1. The maximum Gasteiger partial charge on any atom is 0.251 e. The number of furan rings is 1. The second-order valence-corrected chi connectivity index (χ2v) is 3.98. The average molecular weight is 248 g/mol. The van der Waals surface area contributed by atoms with Crippen molar-refractivity contribution < 1.29 is 13.6 Å². The topological polar surface area (TPSA) is 68.3 Å². The highest BCUT2D eigenvalue weighted by atomic mass is 19.1. The second-order valence-electron chi connectivity index (χ2n) is 3.98. The van der Waals surface area contributed by atoms with Gasteiger partial charge in [0.2, 0.25) is 0 Å². The Balaban J connectivity index is 2.20. The number of benzene rings is 1. The lowest BCUT2D eigenvalue weighted by molar-refractivity contribution is 0.0996. The monoisotopic (exact) mass is 248 g/mol. The van der Waals surface area contributed by atoms with Crippen molar-refractivity contribution in [2.75, 3.05) is 5.32 Å². The minimum Gasteiger partial charge on any atom is -0.472 e. The summed E-state index contributed by atoms with van der Waals surface area (Å²) >= 11 is 0. The van der Waals surface area contributed by atoms with Crippen molar-refractivity contribution in [1.82, 2.24) is 0 Å². The number of nitrogens with two attached hydrogens (primary N) is 1. The molecule has 1 aromatic heterocycles. The van der Waals surface area contributed by atoms with E-state index in [-0.39, 0.29) is 11.6 Å². The van der Waals surface area contributed by atoms with Crippen LogP contribution in [0.1, 0.15) is 28.9 Å². The van der Waals surface area contributed by atoms with Gasteiger partial charge in [0.1, 0.15) is 5.82 Å². The SMILES string of the molecule is CC(Nc1ccc(F)c(C(N)=O)c1)c1ccoc1. The zero-order chi connectivity index (χ0) is 13.1. The number of amides is 1. The summed E-state index contributed by atoms with van der Waals surface area (Å²) in [5, 5.41) is 3.13. The van der Waals surface area contributed by atoms with Gasteiger partial charge in [0, 0.05) is 11.3 Å². The number of hydrogen-bond acceptors (Lipinski definition) is 3. The van der Waals surface area contributed by atoms with Crippen molar-refractivity contribution in [3.8, 4) is 0 Å². The van der Waals surface area contributed by atoms with E-state index in [9.17, 15) is 9.18 Å². The van der Waals surface area contributed by atoms with E-state index in [1.807, 2.05) is 13.0 Å². The number of rotatable bonds is 4. The van der Waals surface area contributed by atoms with E-state index in [1.165, 1.54) is 12.1 Å². The Bertz CT molecular complexity index is 552. The molecule has 2 aromatic rings. The molecule has 2 rings (SSSR count). The van der Waals surface area contributed by atoms with Crippen LogP contribution in [-0.2, 0) is 0 Å². The number of carbonyl (C=O) groups is 1. The van der Waals surface area contributed by atoms with Crippen molar-refractivity contribution in [3.05, 3.63) is 53.7 Å². The highest BCUT2D eigenvalue weighted by Crippen LogP contribution is 2.21. The molecule has 0 aliphatic rings. The second kappa shape index (κ2) is 4.91. The molecule has 18 heavy (non-hydrogen) atoms. The van der Waals surface area contributed by atoms with Crippen LogP contribution in [0, 0.1) is 5.82 Å². The van der Waals surface area contributed by atoms with Crippen LogP contribution >= 0.6 is 0 Å². The Labute approximate surface area is 104 Å². The van der Waals surface area contributed by atoms with Gasteiger partial charge in [-0.1, -0.05) is 0 Å². The summed E-state index contributed by atoms with van der Waals surface area (Å²) in [4.78, 5) is 11.0. The quantitative estimate of drug-likeness (QED) is 0.874. The van der Waals surface area contributed by atoms with Gasteiger partial charge in [0.15, 0.2) is 0 Å². The number of halogens is 1. The Morgan fingerprint density at radius 1 is 1.44 bits per heavy atom. The normalized spacial score (nSPS) is 12.1. The highest BCUT2D eigenvalue weighted by Gasteiger charge is 2.11. The third-order valence-electron chi connectivity index (χ3n) is 2.66. The van der Waals surface area contributed by atoms with Crippen molar-refractivity contribution in [2.45, 2.75) is 13.0 Å². The molecule has 5 heteroatoms. The summed E-state index contributed by atoms with van der Waals surface area (Å²) in [6.07, 6.45) is 3.20. The maximum absolute atomic E-state index is 13.3. The zero-order valence-electron chi connectivity index (χ0n) is 9.81. The zero-order valence-corrected chi connectivity index (χ0v) is 9.81. The standard InChI is InChI=1S/C13H13FN2O2/c1-8(9-4-5-18-7-9)16-10-2-3-12(14)11(6-10)13(15)17/h2-8,16H,1H3,(H2,15,17). The minimum absolute atomic E-state index is 0.0186. The molecule has 1 heterocycles. The van der Waals surface area contributed by atoms with Gasteiger partial charge in [-0.25, -0.2) is 4.39 Å². The highest BCUT2D eigenvalue weighted by molar-refractivity contribution is 5.94. The van der Waals surface area contributed by atoms with Gasteiger partial charge in [-0.2, -0.15) is 0 Å². The lowest BCUT2D eigenvalue weighted by Crippen LogP contribution is -2.14. The molecule has 0 saturated carbocycles. The van der Waals surface area contributed by atoms with Gasteiger partial charge in [0.25, 0.3) is 5.91 Å². The molecule has 1 aromatic carbocycles. The lowest BCUT2D eigenvalue weighted by Gasteiger charge is -2.14. The fourth-order valence-corrected chi connectivity index (χ4v) is 1.66. The van der Waals surface area contributed by atoms with E-state index in [0.717, 1.165) is 5.56 Å². The number of hydrogen-bond donors (Lipinski definition) is 2. The molecule has 0 spiro atoms. The first-order chi connectivity index (χ1) is 8.58. The molecule has 0 aliphatic heterocycles. The van der Waals surface area contributed by atoms with E-state index in [4.69, 9.17) is 10.2 Å². The Kier molecular flexibility index (Phi) is 3.32. The predicted molar refractivity (Wildman–Crippen MR) is 65.7 cm³/mol. The largest absolute Gasteiger partial charge is 0.472 e. The molecule has 4 nitrogen and oxygen atoms in total. The van der Waals surface area contributed by atoms with Crippen LogP contribution < -0.4 is 11.1 Å². The van der Waals surface area contributed by atoms with Crippen molar-refractivity contribution >= 4 is 11.6 Å². The molecule has 0 saturated heterocycles. The average Bonchev–Trinajstić information content (AvgIpc) is 2.85. The van der Waals surface area contributed by atoms with Crippen LogP contribution in [0.15, 0.2) is 41.2 Å². The third-order valence-corrected chi connectivity index (χ3v) is 2.66. The first kappa shape index (κ1) is 12.2. The third kappa shape index (κ3) is 2.51. The summed E-state index contributed by atoms with van der Waals surface area (Å²) in [5.41, 5.74) is 6.54. The Hall–Kier alpha value is -2.30. The van der Waals surface area contributed by atoms with Crippen LogP contribution in [0.5, 0.6) is 0 Å². The predicted octanol–water partition coefficient (Wildman–Crippen LogP) is 2.69. The summed E-state index contributed by atoms with van der Waals surface area (Å²) in [6.45, 7) is 1.93. The van der Waals surface area contributed by atoms with E-state index < -0.39 is 11.7 Å². The van der Waals surface area contributed by atoms with Crippen LogP contribution in [0.4, 0.5) is 10.1 Å². The fraction of sp³-hybridized carbons (Fsp3) is 0.154. The van der Waals surface area contributed by atoms with Crippen LogP contribution in [0.3, 0.4) is 0 Å². The fourth-order valence-electron chi connectivity index (χ4n) is 1.66. The van der Waals surface area contributed by atoms with Gasteiger partial charge in [-0.15, -0.1) is 0 Å². The van der Waals surface area contributed by atoms with Crippen molar-refractivity contribution in [3.63, 3.8) is 0 Å². The first-order valence-corrected chi connectivity index (χ1v) is 5.46. The molecule has 0 aliphatic carbocycles. The smallest absolute Gasteiger partial charge is 0.251 e. The van der Waals surface area contributed by atoms with Crippen LogP contribution in [-0.4, -0.2) is 5.91 Å². The van der Waals surface area contributed by atoms with Crippen LogP contribution in [0.2, 0.25) is 0 Å². The summed E-state index contributed by atoms with van der Waals surface area (Å²) in [6, 6.07) is 5.97. The van der Waals surface area contributed by atoms with Crippen molar-refractivity contribution in [1.29, 1.82) is 0 Å². The molecule has 0 bridgehead atoms.